The van der Waals surface area contributed by atoms with E-state index < -0.39 is 27.3 Å². The van der Waals surface area contributed by atoms with E-state index in [2.05, 4.69) is 5.16 Å². The topological polar surface area (TPSA) is 98.2 Å². The number of hydrogen-bond acceptors (Lipinski definition) is 5. The number of nitrogens with zero attached hydrogens (tertiary/aromatic N) is 1. The average Bonchev–Trinajstić information content (AvgIpc) is 2.64. The van der Waals surface area contributed by atoms with Gasteiger partial charge in [0, 0.05) is 6.07 Å². The molecule has 1 aromatic carbocycles. The van der Waals surface area contributed by atoms with Crippen LogP contribution < -0.4 is 10.5 Å². The Morgan fingerprint density at radius 3 is 2.45 bits per heavy atom. The molecular weight excluding hydrogens is 292 g/mol. The lowest BCUT2D eigenvalue weighted by Crippen LogP contribution is -2.16. The summed E-state index contributed by atoms with van der Waals surface area (Å²) in [5.41, 5.74) is 4.65. The van der Waals surface area contributed by atoms with Gasteiger partial charge in [0.25, 0.3) is 10.0 Å². The fourth-order valence-corrected chi connectivity index (χ4v) is 3.17. The van der Waals surface area contributed by atoms with Crippen LogP contribution in [-0.2, 0) is 10.0 Å². The summed E-state index contributed by atoms with van der Waals surface area (Å²) in [7, 11) is -4.14. The van der Waals surface area contributed by atoms with Crippen LogP contribution >= 0.6 is 0 Å². The molecular formula is C11H11F2N3O3S. The van der Waals surface area contributed by atoms with Crippen LogP contribution in [0.25, 0.3) is 0 Å². The van der Waals surface area contributed by atoms with E-state index in [9.17, 15) is 17.2 Å². The van der Waals surface area contributed by atoms with Crippen LogP contribution in [0.1, 0.15) is 11.5 Å². The smallest absolute Gasteiger partial charge is 0.267 e. The molecule has 2 aromatic rings. The standard InChI is InChI=1S/C11H11F2N3O3S/c1-5-11(6(2)19-15-5)20(17,18)16-10-8(13)3-7(12)4-9(10)14/h3-4,16H,14H2,1-2H3. The van der Waals surface area contributed by atoms with Gasteiger partial charge in [-0.15, -0.1) is 0 Å². The van der Waals surface area contributed by atoms with Crippen molar-refractivity contribution < 1.29 is 21.7 Å². The normalized spacial score (nSPS) is 11.6. The summed E-state index contributed by atoms with van der Waals surface area (Å²) in [6, 6.07) is 1.34. The molecule has 108 valence electrons. The van der Waals surface area contributed by atoms with Gasteiger partial charge in [-0.25, -0.2) is 17.2 Å². The molecule has 0 aliphatic carbocycles. The number of aryl methyl sites for hydroxylation is 2. The summed E-state index contributed by atoms with van der Waals surface area (Å²) >= 11 is 0. The van der Waals surface area contributed by atoms with Crippen LogP contribution in [0.5, 0.6) is 0 Å². The van der Waals surface area contributed by atoms with Crippen LogP contribution in [0.15, 0.2) is 21.6 Å². The van der Waals surface area contributed by atoms with E-state index in [-0.39, 0.29) is 22.0 Å². The van der Waals surface area contributed by atoms with Gasteiger partial charge in [0.05, 0.1) is 5.69 Å². The molecule has 0 radical (unpaired) electrons. The molecule has 3 N–H and O–H groups in total. The number of nitrogen functional groups attached to an aromatic ring is 1. The second kappa shape index (κ2) is 4.75. The van der Waals surface area contributed by atoms with Gasteiger partial charge < -0.3 is 10.3 Å². The molecule has 0 aliphatic rings. The highest BCUT2D eigenvalue weighted by Gasteiger charge is 2.26. The number of nitrogens with one attached hydrogen (secondary N) is 1. The Labute approximate surface area is 113 Å². The molecule has 0 saturated heterocycles. The summed E-state index contributed by atoms with van der Waals surface area (Å²) in [5.74, 6) is -1.96. The van der Waals surface area contributed by atoms with Gasteiger partial charge in [-0.2, -0.15) is 0 Å². The molecule has 1 aromatic heterocycles. The Kier molecular flexibility index (Phi) is 3.38. The molecule has 20 heavy (non-hydrogen) atoms. The summed E-state index contributed by atoms with van der Waals surface area (Å²) in [5, 5.41) is 3.50. The first kappa shape index (κ1) is 14.3. The monoisotopic (exact) mass is 303 g/mol. The SMILES string of the molecule is Cc1noc(C)c1S(=O)(=O)Nc1c(N)cc(F)cc1F. The highest BCUT2D eigenvalue weighted by atomic mass is 32.2. The molecule has 0 atom stereocenters. The minimum Gasteiger partial charge on any atom is -0.397 e. The van der Waals surface area contributed by atoms with E-state index in [0.29, 0.717) is 6.07 Å². The van der Waals surface area contributed by atoms with E-state index in [1.54, 1.807) is 0 Å². The lowest BCUT2D eigenvalue weighted by molar-refractivity contribution is 0.390. The maximum atomic E-state index is 13.6. The Morgan fingerprint density at radius 2 is 1.95 bits per heavy atom. The van der Waals surface area contributed by atoms with Crippen molar-refractivity contribution >= 4 is 21.4 Å². The number of halogens is 2. The Bertz CT molecular complexity index is 729. The van der Waals surface area contributed by atoms with Gasteiger partial charge in [0.2, 0.25) is 0 Å². The second-order valence-corrected chi connectivity index (χ2v) is 5.73. The third kappa shape index (κ3) is 2.44. The zero-order chi connectivity index (χ0) is 15.1. The zero-order valence-corrected chi connectivity index (χ0v) is 11.4. The van der Waals surface area contributed by atoms with Gasteiger partial charge in [0.1, 0.15) is 17.2 Å². The highest BCUT2D eigenvalue weighted by molar-refractivity contribution is 7.92. The van der Waals surface area contributed by atoms with Crippen LogP contribution in [0.3, 0.4) is 0 Å². The number of benzene rings is 1. The predicted octanol–water partition coefficient (Wildman–Crippen LogP) is 1.95. The van der Waals surface area contributed by atoms with Crippen molar-refractivity contribution in [1.82, 2.24) is 5.16 Å². The van der Waals surface area contributed by atoms with E-state index in [1.165, 1.54) is 13.8 Å². The zero-order valence-electron chi connectivity index (χ0n) is 10.6. The Balaban J connectivity index is 2.50. The number of rotatable bonds is 3. The minimum atomic E-state index is -4.14. The van der Waals surface area contributed by atoms with Gasteiger partial charge >= 0.3 is 0 Å². The van der Waals surface area contributed by atoms with Crippen molar-refractivity contribution in [2.24, 2.45) is 0 Å². The molecule has 0 unspecified atom stereocenters. The van der Waals surface area contributed by atoms with Crippen molar-refractivity contribution in [3.8, 4) is 0 Å². The molecule has 1 heterocycles. The first-order valence-corrected chi connectivity index (χ1v) is 6.91. The quantitative estimate of drug-likeness (QED) is 0.844. The average molecular weight is 303 g/mol. The predicted molar refractivity (Wildman–Crippen MR) is 67.6 cm³/mol. The fourth-order valence-electron chi connectivity index (χ4n) is 1.74. The molecule has 0 amide bonds. The van der Waals surface area contributed by atoms with Crippen molar-refractivity contribution in [1.29, 1.82) is 0 Å². The van der Waals surface area contributed by atoms with Gasteiger partial charge in [-0.3, -0.25) is 4.72 Å². The lowest BCUT2D eigenvalue weighted by Gasteiger charge is -2.11. The number of aromatic nitrogens is 1. The number of anilines is 2. The molecule has 6 nitrogen and oxygen atoms in total. The lowest BCUT2D eigenvalue weighted by atomic mass is 10.2. The van der Waals surface area contributed by atoms with Crippen molar-refractivity contribution in [2.75, 3.05) is 10.5 Å². The first-order chi connectivity index (χ1) is 9.22. The van der Waals surface area contributed by atoms with E-state index >= 15 is 0 Å². The maximum Gasteiger partial charge on any atom is 0.267 e. The second-order valence-electron chi connectivity index (χ2n) is 4.11. The van der Waals surface area contributed by atoms with Gasteiger partial charge in [-0.05, 0) is 19.9 Å². The van der Waals surface area contributed by atoms with E-state index in [4.69, 9.17) is 10.3 Å². The molecule has 0 aliphatic heterocycles. The molecule has 0 fully saturated rings. The van der Waals surface area contributed by atoms with Crippen LogP contribution in [0.2, 0.25) is 0 Å². The van der Waals surface area contributed by atoms with Crippen LogP contribution in [0, 0.1) is 25.5 Å². The Hall–Kier alpha value is -2.16. The first-order valence-electron chi connectivity index (χ1n) is 5.42. The molecule has 9 heteroatoms. The van der Waals surface area contributed by atoms with Gasteiger partial charge in [-0.1, -0.05) is 5.16 Å². The summed E-state index contributed by atoms with van der Waals surface area (Å²) in [6.45, 7) is 2.83. The minimum absolute atomic E-state index is 0.0519. The third-order valence-electron chi connectivity index (χ3n) is 2.56. The number of nitrogens with two attached hydrogens (primary N) is 1. The van der Waals surface area contributed by atoms with Crippen molar-refractivity contribution in [3.63, 3.8) is 0 Å². The molecule has 0 bridgehead atoms. The third-order valence-corrected chi connectivity index (χ3v) is 4.15. The van der Waals surface area contributed by atoms with E-state index in [0.717, 1.165) is 6.07 Å². The summed E-state index contributed by atoms with van der Waals surface area (Å²) in [6.07, 6.45) is 0. The van der Waals surface area contributed by atoms with Gasteiger partial charge in [0.15, 0.2) is 16.5 Å². The molecule has 0 saturated carbocycles. The number of sulfonamides is 1. The van der Waals surface area contributed by atoms with Crippen molar-refractivity contribution in [3.05, 3.63) is 35.2 Å². The molecule has 2 rings (SSSR count). The summed E-state index contributed by atoms with van der Waals surface area (Å²) in [4.78, 5) is -0.208. The number of hydrogen-bond donors (Lipinski definition) is 2. The van der Waals surface area contributed by atoms with Crippen LogP contribution in [-0.4, -0.2) is 13.6 Å². The maximum absolute atomic E-state index is 13.6. The largest absolute Gasteiger partial charge is 0.397 e. The highest BCUT2D eigenvalue weighted by Crippen LogP contribution is 2.28. The Morgan fingerprint density at radius 1 is 1.30 bits per heavy atom. The van der Waals surface area contributed by atoms with Crippen molar-refractivity contribution in [2.45, 2.75) is 18.7 Å². The fraction of sp³-hybridized carbons (Fsp3) is 0.182. The van der Waals surface area contributed by atoms with E-state index in [1.807, 2.05) is 4.72 Å². The van der Waals surface area contributed by atoms with Crippen LogP contribution in [0.4, 0.5) is 20.2 Å². The summed E-state index contributed by atoms with van der Waals surface area (Å²) < 4.78 is 57.6. The molecule has 0 spiro atoms.